The second-order valence-electron chi connectivity index (χ2n) is 4.23. The van der Waals surface area contributed by atoms with E-state index in [1.54, 1.807) is 13.2 Å². The molecule has 0 spiro atoms. The van der Waals surface area contributed by atoms with Crippen LogP contribution in [0.25, 0.3) is 0 Å². The zero-order valence-electron chi connectivity index (χ0n) is 10.9. The van der Waals surface area contributed by atoms with Crippen molar-refractivity contribution in [2.75, 3.05) is 27.2 Å². The predicted octanol–water partition coefficient (Wildman–Crippen LogP) is 0.994. The fourth-order valence-electron chi connectivity index (χ4n) is 1.91. The van der Waals surface area contributed by atoms with Crippen LogP contribution in [0, 0.1) is 10.1 Å². The van der Waals surface area contributed by atoms with Gasteiger partial charge in [-0.05, 0) is 6.07 Å². The van der Waals surface area contributed by atoms with Gasteiger partial charge in [-0.2, -0.15) is 0 Å². The molecule has 0 saturated carbocycles. The third-order valence-corrected chi connectivity index (χ3v) is 2.97. The molecule has 0 unspecified atom stereocenters. The quantitative estimate of drug-likeness (QED) is 0.648. The molecule has 102 valence electrons. The molecule has 1 aromatic rings. The molecule has 19 heavy (non-hydrogen) atoms. The van der Waals surface area contributed by atoms with Crippen LogP contribution in [0.1, 0.15) is 5.56 Å². The maximum Gasteiger partial charge on any atom is 0.270 e. The van der Waals surface area contributed by atoms with E-state index in [0.717, 1.165) is 24.6 Å². The third kappa shape index (κ3) is 2.93. The summed E-state index contributed by atoms with van der Waals surface area (Å²) in [6, 6.07) is 4.55. The molecule has 1 N–H and O–H groups in total. The Morgan fingerprint density at radius 2 is 2.37 bits per heavy atom. The Morgan fingerprint density at radius 3 is 2.95 bits per heavy atom. The average Bonchev–Trinajstić information content (AvgIpc) is 2.81. The molecular weight excluding hydrogens is 248 g/mol. The standard InChI is InChI=1S/C12H16N4O3/c1-15-6-5-13-12(15)14-8-9-7-10(16(17)18)3-4-11(9)19-2/h3-4,7H,5-6,8H2,1-2H3,(H,13,14). The zero-order valence-corrected chi connectivity index (χ0v) is 10.9. The first-order valence-corrected chi connectivity index (χ1v) is 5.92. The van der Waals surface area contributed by atoms with Gasteiger partial charge in [0.1, 0.15) is 5.75 Å². The summed E-state index contributed by atoms with van der Waals surface area (Å²) in [5.74, 6) is 1.42. The Kier molecular flexibility index (Phi) is 3.84. The summed E-state index contributed by atoms with van der Waals surface area (Å²) in [6.07, 6.45) is 0. The molecular formula is C12H16N4O3. The largest absolute Gasteiger partial charge is 0.496 e. The molecule has 1 heterocycles. The van der Waals surface area contributed by atoms with Gasteiger partial charge in [-0.1, -0.05) is 0 Å². The van der Waals surface area contributed by atoms with Crippen LogP contribution in [0.3, 0.4) is 0 Å². The van der Waals surface area contributed by atoms with Gasteiger partial charge in [0.05, 0.1) is 18.6 Å². The highest BCUT2D eigenvalue weighted by atomic mass is 16.6. The summed E-state index contributed by atoms with van der Waals surface area (Å²) in [7, 11) is 3.49. The van der Waals surface area contributed by atoms with Crippen LogP contribution in [0.4, 0.5) is 5.69 Å². The Labute approximate surface area is 111 Å². The Hall–Kier alpha value is -2.31. The summed E-state index contributed by atoms with van der Waals surface area (Å²) in [5.41, 5.74) is 0.791. The normalized spacial score (nSPS) is 14.2. The van der Waals surface area contributed by atoms with Gasteiger partial charge in [0.15, 0.2) is 5.96 Å². The van der Waals surface area contributed by atoms with Crippen molar-refractivity contribution in [2.24, 2.45) is 4.99 Å². The van der Waals surface area contributed by atoms with E-state index in [1.165, 1.54) is 12.1 Å². The van der Waals surface area contributed by atoms with Crippen molar-refractivity contribution in [2.45, 2.75) is 6.54 Å². The molecule has 1 aliphatic heterocycles. The van der Waals surface area contributed by atoms with Crippen molar-refractivity contribution in [3.8, 4) is 5.75 Å². The van der Waals surface area contributed by atoms with Gasteiger partial charge >= 0.3 is 0 Å². The van der Waals surface area contributed by atoms with Crippen molar-refractivity contribution >= 4 is 11.6 Å². The Bertz CT molecular complexity index is 516. The number of hydrogen-bond donors (Lipinski definition) is 1. The highest BCUT2D eigenvalue weighted by Crippen LogP contribution is 2.23. The summed E-state index contributed by atoms with van der Waals surface area (Å²) in [4.78, 5) is 16.7. The van der Waals surface area contributed by atoms with E-state index in [9.17, 15) is 10.1 Å². The predicted molar refractivity (Wildman–Crippen MR) is 71.4 cm³/mol. The van der Waals surface area contributed by atoms with Crippen molar-refractivity contribution < 1.29 is 9.66 Å². The number of methoxy groups -OCH3 is 1. The van der Waals surface area contributed by atoms with Crippen LogP contribution in [-0.4, -0.2) is 43.0 Å². The van der Waals surface area contributed by atoms with Crippen LogP contribution in [0.2, 0.25) is 0 Å². The SMILES string of the molecule is COc1ccc([N+](=O)[O-])cc1CNC1=NCCN1C. The molecule has 7 heteroatoms. The number of likely N-dealkylation sites (N-methyl/N-ethyl adjacent to an activating group) is 1. The van der Waals surface area contributed by atoms with Gasteiger partial charge < -0.3 is 15.0 Å². The minimum atomic E-state index is -0.415. The minimum Gasteiger partial charge on any atom is -0.496 e. The Balaban J connectivity index is 2.13. The maximum atomic E-state index is 10.8. The Morgan fingerprint density at radius 1 is 1.58 bits per heavy atom. The van der Waals surface area contributed by atoms with Crippen LogP contribution >= 0.6 is 0 Å². The van der Waals surface area contributed by atoms with E-state index in [4.69, 9.17) is 4.74 Å². The van der Waals surface area contributed by atoms with Crippen LogP contribution in [0.5, 0.6) is 5.75 Å². The summed E-state index contributed by atoms with van der Waals surface area (Å²) >= 11 is 0. The van der Waals surface area contributed by atoms with E-state index in [1.807, 2.05) is 11.9 Å². The number of nitrogens with zero attached hydrogens (tertiary/aromatic N) is 3. The number of nitro benzene ring substituents is 1. The van der Waals surface area contributed by atoms with Crippen molar-refractivity contribution in [1.82, 2.24) is 10.2 Å². The second-order valence-corrected chi connectivity index (χ2v) is 4.23. The lowest BCUT2D eigenvalue weighted by atomic mass is 10.1. The molecule has 0 fully saturated rings. The highest BCUT2D eigenvalue weighted by Gasteiger charge is 2.15. The van der Waals surface area contributed by atoms with Crippen LogP contribution in [0.15, 0.2) is 23.2 Å². The summed E-state index contributed by atoms with van der Waals surface area (Å²) in [5, 5.41) is 13.9. The van der Waals surface area contributed by atoms with E-state index in [-0.39, 0.29) is 5.69 Å². The molecule has 2 rings (SSSR count). The number of ether oxygens (including phenoxy) is 1. The molecule has 7 nitrogen and oxygen atoms in total. The number of rotatable bonds is 4. The smallest absolute Gasteiger partial charge is 0.270 e. The van der Waals surface area contributed by atoms with Crippen LogP contribution in [-0.2, 0) is 6.54 Å². The zero-order chi connectivity index (χ0) is 13.8. The van der Waals surface area contributed by atoms with Crippen molar-refractivity contribution in [3.05, 3.63) is 33.9 Å². The molecule has 0 saturated heterocycles. The molecule has 0 radical (unpaired) electrons. The molecule has 0 bridgehead atoms. The molecule has 0 amide bonds. The number of nitrogens with one attached hydrogen (secondary N) is 1. The molecule has 1 aliphatic rings. The van der Waals surface area contributed by atoms with E-state index in [0.29, 0.717) is 12.3 Å². The third-order valence-electron chi connectivity index (χ3n) is 2.97. The van der Waals surface area contributed by atoms with Gasteiger partial charge in [-0.3, -0.25) is 15.1 Å². The fraction of sp³-hybridized carbons (Fsp3) is 0.417. The number of aliphatic imine (C=N–C) groups is 1. The molecule has 1 aromatic carbocycles. The fourth-order valence-corrected chi connectivity index (χ4v) is 1.91. The molecule has 0 aliphatic carbocycles. The van der Waals surface area contributed by atoms with Crippen LogP contribution < -0.4 is 10.1 Å². The first-order chi connectivity index (χ1) is 9.11. The van der Waals surface area contributed by atoms with E-state index < -0.39 is 4.92 Å². The lowest BCUT2D eigenvalue weighted by Gasteiger charge is -2.16. The van der Waals surface area contributed by atoms with Crippen molar-refractivity contribution in [3.63, 3.8) is 0 Å². The second kappa shape index (κ2) is 5.55. The molecule has 0 aromatic heterocycles. The average molecular weight is 264 g/mol. The molecule has 0 atom stereocenters. The van der Waals surface area contributed by atoms with Crippen molar-refractivity contribution in [1.29, 1.82) is 0 Å². The van der Waals surface area contributed by atoms with E-state index >= 15 is 0 Å². The number of benzene rings is 1. The lowest BCUT2D eigenvalue weighted by Crippen LogP contribution is -2.35. The first kappa shape index (κ1) is 13.1. The monoisotopic (exact) mass is 264 g/mol. The summed E-state index contributed by atoms with van der Waals surface area (Å²) < 4.78 is 5.21. The topological polar surface area (TPSA) is 80.0 Å². The lowest BCUT2D eigenvalue weighted by molar-refractivity contribution is -0.384. The van der Waals surface area contributed by atoms with Gasteiger partial charge in [0, 0.05) is 37.8 Å². The maximum absolute atomic E-state index is 10.8. The number of non-ortho nitro benzene ring substituents is 1. The van der Waals surface area contributed by atoms with Gasteiger partial charge in [-0.25, -0.2) is 0 Å². The minimum absolute atomic E-state index is 0.0549. The van der Waals surface area contributed by atoms with Gasteiger partial charge in [0.25, 0.3) is 5.69 Å². The number of guanidine groups is 1. The first-order valence-electron chi connectivity index (χ1n) is 5.92. The van der Waals surface area contributed by atoms with E-state index in [2.05, 4.69) is 10.3 Å². The van der Waals surface area contributed by atoms with Gasteiger partial charge in [-0.15, -0.1) is 0 Å². The number of hydrogen-bond acceptors (Lipinski definition) is 6. The highest BCUT2D eigenvalue weighted by molar-refractivity contribution is 5.81. The number of nitro groups is 1. The van der Waals surface area contributed by atoms with Gasteiger partial charge in [0.2, 0.25) is 0 Å². The summed E-state index contributed by atoms with van der Waals surface area (Å²) in [6.45, 7) is 2.09.